The van der Waals surface area contributed by atoms with Crippen LogP contribution in [0.4, 0.5) is 5.82 Å². The minimum atomic E-state index is 0.546. The van der Waals surface area contributed by atoms with E-state index in [4.69, 9.17) is 4.98 Å². The molecule has 190 valence electrons. The monoisotopic (exact) mass is 502 g/mol. The predicted octanol–water partition coefficient (Wildman–Crippen LogP) is 4.61. The summed E-state index contributed by atoms with van der Waals surface area (Å²) < 4.78 is 3.70. The number of fused-ring (bicyclic) bond motifs is 1. The Labute approximate surface area is 222 Å². The molecule has 0 saturated carbocycles. The molecule has 0 aliphatic carbocycles. The second-order valence-electron chi connectivity index (χ2n) is 9.93. The van der Waals surface area contributed by atoms with Crippen LogP contribution in [0.1, 0.15) is 22.5 Å². The van der Waals surface area contributed by atoms with Crippen molar-refractivity contribution in [3.05, 3.63) is 89.6 Å². The molecule has 4 aromatic heterocycles. The zero-order chi connectivity index (χ0) is 26.2. The van der Waals surface area contributed by atoms with E-state index in [2.05, 4.69) is 81.5 Å². The van der Waals surface area contributed by atoms with Gasteiger partial charge in [-0.1, -0.05) is 30.3 Å². The van der Waals surface area contributed by atoms with Crippen molar-refractivity contribution in [1.82, 2.24) is 29.3 Å². The van der Waals surface area contributed by atoms with Crippen LogP contribution in [0.2, 0.25) is 0 Å². The molecular formula is C30H30N8. The van der Waals surface area contributed by atoms with Gasteiger partial charge in [0.25, 0.3) is 0 Å². The van der Waals surface area contributed by atoms with Crippen molar-refractivity contribution in [3.8, 4) is 28.3 Å². The summed E-state index contributed by atoms with van der Waals surface area (Å²) in [6.07, 6.45) is 5.53. The van der Waals surface area contributed by atoms with Crippen LogP contribution < -0.4 is 4.90 Å². The second-order valence-corrected chi connectivity index (χ2v) is 9.93. The fourth-order valence-corrected chi connectivity index (χ4v) is 5.46. The molecule has 0 radical (unpaired) electrons. The predicted molar refractivity (Wildman–Crippen MR) is 149 cm³/mol. The Morgan fingerprint density at radius 1 is 0.947 bits per heavy atom. The Balaban J connectivity index is 1.28. The third-order valence-electron chi connectivity index (χ3n) is 7.53. The van der Waals surface area contributed by atoms with Crippen LogP contribution in [0.15, 0.2) is 67.1 Å². The summed E-state index contributed by atoms with van der Waals surface area (Å²) in [6.45, 7) is 8.97. The maximum Gasteiger partial charge on any atom is 0.128 e. The summed E-state index contributed by atoms with van der Waals surface area (Å²) in [6, 6.07) is 19.3. The molecule has 1 fully saturated rings. The third-order valence-corrected chi connectivity index (χ3v) is 7.53. The number of hydrogen-bond donors (Lipinski definition) is 0. The fourth-order valence-electron chi connectivity index (χ4n) is 5.46. The van der Waals surface area contributed by atoms with Crippen LogP contribution >= 0.6 is 0 Å². The standard InChI is InChI=1S/C30H30N8/c1-21-29(22(2)35(3)34-21)25-15-27(30-26(16-31)18-33-38(30)20-25)24-9-10-28(32-17-24)37-13-11-36(12-14-37)19-23-7-5-4-6-8-23/h4-10,15,17-18,20H,11-14,19H2,1-3H3. The SMILES string of the molecule is Cc1nn(C)c(C)c1-c1cc(-c2ccc(N3CCN(Cc4ccccc4)CC3)nc2)c2c(C#N)cnn2c1. The number of benzene rings is 1. The van der Waals surface area contributed by atoms with Crippen molar-refractivity contribution < 1.29 is 0 Å². The van der Waals surface area contributed by atoms with Gasteiger partial charge in [0, 0.05) is 80.1 Å². The molecule has 8 nitrogen and oxygen atoms in total. The Kier molecular flexibility index (Phi) is 6.14. The van der Waals surface area contributed by atoms with Gasteiger partial charge in [0.2, 0.25) is 0 Å². The minimum absolute atomic E-state index is 0.546. The fraction of sp³-hybridized carbons (Fsp3) is 0.267. The van der Waals surface area contributed by atoms with E-state index in [1.165, 1.54) is 5.56 Å². The molecule has 0 amide bonds. The van der Waals surface area contributed by atoms with Crippen LogP contribution in [0.5, 0.6) is 0 Å². The Hall–Kier alpha value is -4.48. The van der Waals surface area contributed by atoms with E-state index in [1.807, 2.05) is 31.0 Å². The molecule has 1 saturated heterocycles. The normalized spacial score (nSPS) is 14.2. The van der Waals surface area contributed by atoms with Crippen molar-refractivity contribution in [2.45, 2.75) is 20.4 Å². The topological polar surface area (TPSA) is 78.3 Å². The smallest absolute Gasteiger partial charge is 0.128 e. The molecule has 0 atom stereocenters. The summed E-state index contributed by atoms with van der Waals surface area (Å²) in [4.78, 5) is 9.69. The Morgan fingerprint density at radius 3 is 2.39 bits per heavy atom. The lowest BCUT2D eigenvalue weighted by molar-refractivity contribution is 0.249. The highest BCUT2D eigenvalue weighted by atomic mass is 15.3. The molecule has 1 aliphatic heterocycles. The van der Waals surface area contributed by atoms with Crippen LogP contribution in [0.25, 0.3) is 27.8 Å². The number of hydrogen-bond acceptors (Lipinski definition) is 6. The van der Waals surface area contributed by atoms with Gasteiger partial charge in [0.05, 0.1) is 23.0 Å². The van der Waals surface area contributed by atoms with Crippen LogP contribution in [0.3, 0.4) is 0 Å². The highest BCUT2D eigenvalue weighted by molar-refractivity contribution is 5.88. The molecule has 0 unspecified atom stereocenters. The average molecular weight is 503 g/mol. The van der Waals surface area contributed by atoms with Crippen LogP contribution in [-0.2, 0) is 13.6 Å². The van der Waals surface area contributed by atoms with Gasteiger partial charge in [0.1, 0.15) is 11.9 Å². The van der Waals surface area contributed by atoms with Gasteiger partial charge in [-0.25, -0.2) is 9.50 Å². The van der Waals surface area contributed by atoms with E-state index >= 15 is 0 Å². The summed E-state index contributed by atoms with van der Waals surface area (Å²) in [5.41, 5.74) is 8.73. The van der Waals surface area contributed by atoms with E-state index < -0.39 is 0 Å². The van der Waals surface area contributed by atoms with Gasteiger partial charge >= 0.3 is 0 Å². The number of nitriles is 1. The molecule has 0 spiro atoms. The van der Waals surface area contributed by atoms with Crippen LogP contribution in [-0.4, -0.2) is 55.5 Å². The summed E-state index contributed by atoms with van der Waals surface area (Å²) in [5, 5.41) is 18.8. The quantitative estimate of drug-likeness (QED) is 0.349. The lowest BCUT2D eigenvalue weighted by atomic mass is 9.99. The number of aryl methyl sites for hydroxylation is 2. The number of rotatable bonds is 5. The molecule has 1 aromatic carbocycles. The minimum Gasteiger partial charge on any atom is -0.354 e. The van der Waals surface area contributed by atoms with Crippen molar-refractivity contribution in [2.75, 3.05) is 31.1 Å². The summed E-state index contributed by atoms with van der Waals surface area (Å²) in [5.74, 6) is 0.980. The highest BCUT2D eigenvalue weighted by Crippen LogP contribution is 2.34. The number of piperazine rings is 1. The molecule has 38 heavy (non-hydrogen) atoms. The van der Waals surface area contributed by atoms with Gasteiger partial charge in [-0.05, 0) is 37.6 Å². The molecule has 5 heterocycles. The lowest BCUT2D eigenvalue weighted by Gasteiger charge is -2.35. The largest absolute Gasteiger partial charge is 0.354 e. The maximum atomic E-state index is 9.76. The Morgan fingerprint density at radius 2 is 1.74 bits per heavy atom. The third kappa shape index (κ3) is 4.31. The van der Waals surface area contributed by atoms with Crippen LogP contribution in [0, 0.1) is 25.2 Å². The van der Waals surface area contributed by atoms with Crippen molar-refractivity contribution in [3.63, 3.8) is 0 Å². The first-order valence-corrected chi connectivity index (χ1v) is 12.9. The maximum absolute atomic E-state index is 9.76. The zero-order valence-corrected chi connectivity index (χ0v) is 22.0. The number of nitrogens with zero attached hydrogens (tertiary/aromatic N) is 8. The molecule has 0 N–H and O–H groups in total. The van der Waals surface area contributed by atoms with Crippen molar-refractivity contribution in [2.24, 2.45) is 7.05 Å². The average Bonchev–Trinajstić information content (AvgIpc) is 3.48. The first-order chi connectivity index (χ1) is 18.5. The van der Waals surface area contributed by atoms with E-state index in [0.717, 1.165) is 77.7 Å². The number of anilines is 1. The van der Waals surface area contributed by atoms with E-state index in [0.29, 0.717) is 5.56 Å². The van der Waals surface area contributed by atoms with E-state index in [-0.39, 0.29) is 0 Å². The molecular weight excluding hydrogens is 472 g/mol. The van der Waals surface area contributed by atoms with Gasteiger partial charge in [-0.3, -0.25) is 9.58 Å². The molecule has 0 bridgehead atoms. The Bertz CT molecular complexity index is 1630. The lowest BCUT2D eigenvalue weighted by Crippen LogP contribution is -2.46. The first kappa shape index (κ1) is 23.9. The zero-order valence-electron chi connectivity index (χ0n) is 22.0. The second kappa shape index (κ2) is 9.77. The van der Waals surface area contributed by atoms with Gasteiger partial charge in [0.15, 0.2) is 0 Å². The van der Waals surface area contributed by atoms with Gasteiger partial charge < -0.3 is 4.90 Å². The molecule has 6 rings (SSSR count). The summed E-state index contributed by atoms with van der Waals surface area (Å²) >= 11 is 0. The van der Waals surface area contributed by atoms with E-state index in [9.17, 15) is 5.26 Å². The number of pyridine rings is 2. The van der Waals surface area contributed by atoms with Crippen molar-refractivity contribution >= 4 is 11.3 Å². The van der Waals surface area contributed by atoms with Crippen molar-refractivity contribution in [1.29, 1.82) is 5.26 Å². The van der Waals surface area contributed by atoms with Gasteiger partial charge in [-0.15, -0.1) is 0 Å². The highest BCUT2D eigenvalue weighted by Gasteiger charge is 2.20. The number of aromatic nitrogens is 5. The molecule has 8 heteroatoms. The van der Waals surface area contributed by atoms with Gasteiger partial charge in [-0.2, -0.15) is 15.5 Å². The summed E-state index contributed by atoms with van der Waals surface area (Å²) in [7, 11) is 1.96. The van der Waals surface area contributed by atoms with E-state index in [1.54, 1.807) is 10.7 Å². The molecule has 5 aromatic rings. The first-order valence-electron chi connectivity index (χ1n) is 12.9. The molecule has 1 aliphatic rings.